The first-order chi connectivity index (χ1) is 3.71. The van der Waals surface area contributed by atoms with Gasteiger partial charge in [-0.25, -0.2) is 0 Å². The van der Waals surface area contributed by atoms with Gasteiger partial charge in [0, 0.05) is 0 Å². The van der Waals surface area contributed by atoms with Crippen molar-refractivity contribution in [3.8, 4) is 0 Å². The van der Waals surface area contributed by atoms with Gasteiger partial charge in [0.2, 0.25) is 7.51 Å². The molecule has 0 fully saturated rings. The maximum atomic E-state index is 5.36. The predicted octanol–water partition coefficient (Wildman–Crippen LogP) is 1.95. The summed E-state index contributed by atoms with van der Waals surface area (Å²) in [5, 5.41) is 0. The van der Waals surface area contributed by atoms with Gasteiger partial charge < -0.3 is 0 Å². The van der Waals surface area contributed by atoms with Gasteiger partial charge >= 0.3 is 0 Å². The van der Waals surface area contributed by atoms with Crippen LogP contribution in [0.15, 0.2) is 13.5 Å². The molecule has 0 unspecified atom stereocenters. The Morgan fingerprint density at radius 3 is 2.25 bits per heavy atom. The average molecular weight is 167 g/mol. The summed E-state index contributed by atoms with van der Waals surface area (Å²) in [4.78, 5) is 0. The highest BCUT2D eigenvalue weighted by Gasteiger charge is 2.02. The van der Waals surface area contributed by atoms with Crippen molar-refractivity contribution in [1.29, 1.82) is 0 Å². The maximum absolute atomic E-state index is 5.36. The van der Waals surface area contributed by atoms with Gasteiger partial charge in [-0.2, -0.15) is 13.5 Å². The number of hydrogen-bond donors (Lipinski definition) is 2. The van der Waals surface area contributed by atoms with Gasteiger partial charge in [0.1, 0.15) is 0 Å². The topological polar surface area (TPSA) is 89.1 Å². The van der Waals surface area contributed by atoms with E-state index in [1.807, 2.05) is 0 Å². The van der Waals surface area contributed by atoms with Crippen LogP contribution in [0.3, 0.4) is 0 Å². The third-order valence-corrected chi connectivity index (χ3v) is 4.02. The molecule has 0 amide bonds. The first-order valence-electron chi connectivity index (χ1n) is 1.72. The van der Waals surface area contributed by atoms with Crippen molar-refractivity contribution in [2.24, 2.45) is 24.6 Å². The highest BCUT2D eigenvalue weighted by atomic mass is 31.2. The quantitative estimate of drug-likeness (QED) is 0.539. The molecule has 0 atom stereocenters. The Morgan fingerprint density at radius 2 is 2.00 bits per heavy atom. The minimum atomic E-state index is -2.21. The summed E-state index contributed by atoms with van der Waals surface area (Å²) >= 11 is 0. The summed E-state index contributed by atoms with van der Waals surface area (Å²) in [6.07, 6.45) is 0. The van der Waals surface area contributed by atoms with Gasteiger partial charge in [0.15, 0.2) is 17.0 Å². The summed E-state index contributed by atoms with van der Waals surface area (Å²) in [6.45, 7) is 0. The second-order valence-electron chi connectivity index (χ2n) is 1.15. The zero-order valence-corrected chi connectivity index (χ0v) is 6.52. The molecule has 0 aliphatic carbocycles. The van der Waals surface area contributed by atoms with Gasteiger partial charge in [-0.05, 0) is 0 Å². The van der Waals surface area contributed by atoms with Crippen LogP contribution in [0, 0.1) is 0 Å². The van der Waals surface area contributed by atoms with E-state index in [-0.39, 0.29) is 0 Å². The Hall–Kier alpha value is 0.350. The van der Waals surface area contributed by atoms with Crippen molar-refractivity contribution in [1.82, 2.24) is 0 Å². The van der Waals surface area contributed by atoms with Crippen LogP contribution in [0.2, 0.25) is 0 Å². The fourth-order valence-electron chi connectivity index (χ4n) is 0.200. The monoisotopic (exact) mass is 167 g/mol. The highest BCUT2D eigenvalue weighted by molar-refractivity contribution is 7.68. The molecule has 0 aromatic rings. The number of rotatable bonds is 0. The third-order valence-electron chi connectivity index (χ3n) is 0.447. The van der Waals surface area contributed by atoms with Crippen LogP contribution in [0.25, 0.3) is 0 Å². The van der Waals surface area contributed by atoms with Crippen molar-refractivity contribution < 1.29 is 0 Å². The minimum Gasteiger partial charge on any atom is -0.267 e. The molecule has 0 saturated heterocycles. The molecule has 5 nitrogen and oxygen atoms in total. The van der Waals surface area contributed by atoms with Crippen molar-refractivity contribution in [3.05, 3.63) is 0 Å². The largest absolute Gasteiger partial charge is 0.267 e. The number of hydrogen-bond acceptors (Lipinski definition) is 5. The lowest BCUT2D eigenvalue weighted by Gasteiger charge is -2.02. The molecule has 8 heavy (non-hydrogen) atoms. The normalized spacial score (nSPS) is 26.8. The zero-order valence-electron chi connectivity index (χ0n) is 3.84. The minimum absolute atomic E-state index is 0.621. The molecule has 1 rings (SSSR count). The van der Waals surface area contributed by atoms with E-state index in [1.54, 1.807) is 0 Å². The molecule has 0 aromatic heterocycles. The molecule has 4 N–H and O–H groups in total. The van der Waals surface area contributed by atoms with Crippen molar-refractivity contribution in [2.45, 2.75) is 0 Å². The van der Waals surface area contributed by atoms with Crippen LogP contribution in [-0.2, 0) is 0 Å². The molecule has 0 radical (unpaired) electrons. The molecule has 8 heteroatoms. The van der Waals surface area contributed by atoms with Crippen molar-refractivity contribution >= 4 is 24.6 Å². The first kappa shape index (κ1) is 6.47. The van der Waals surface area contributed by atoms with E-state index in [0.717, 1.165) is 0 Å². The van der Waals surface area contributed by atoms with E-state index >= 15 is 0 Å². The first-order valence-corrected chi connectivity index (χ1v) is 5.15. The molecule has 1 heterocycles. The lowest BCUT2D eigenvalue weighted by molar-refractivity contribution is 1.60. The maximum Gasteiger partial charge on any atom is 0.216 e. The van der Waals surface area contributed by atoms with Gasteiger partial charge in [0.25, 0.3) is 0 Å². The highest BCUT2D eigenvalue weighted by Crippen LogP contribution is 2.44. The average Bonchev–Trinajstić information content (AvgIpc) is 1.65. The van der Waals surface area contributed by atoms with E-state index < -0.39 is 7.51 Å². The second-order valence-corrected chi connectivity index (χ2v) is 5.05. The Labute approximate surface area is 50.0 Å². The lowest BCUT2D eigenvalue weighted by Crippen LogP contribution is -1.99. The summed E-state index contributed by atoms with van der Waals surface area (Å²) < 4.78 is 11.3. The van der Waals surface area contributed by atoms with Crippen LogP contribution in [0.4, 0.5) is 0 Å². The summed E-state index contributed by atoms with van der Waals surface area (Å²) in [5.74, 6) is 0. The van der Waals surface area contributed by atoms with Crippen LogP contribution in [-0.4, -0.2) is 0 Å². The van der Waals surface area contributed by atoms with E-state index in [2.05, 4.69) is 13.5 Å². The van der Waals surface area contributed by atoms with Crippen LogP contribution >= 0.6 is 24.6 Å². The molecule has 0 saturated carbocycles. The zero-order chi connectivity index (χ0) is 6.04. The molecule has 0 aromatic carbocycles. The molecule has 0 bridgehead atoms. The Bertz CT molecular complexity index is 182. The van der Waals surface area contributed by atoms with E-state index in [4.69, 9.17) is 11.0 Å². The van der Waals surface area contributed by atoms with Gasteiger partial charge in [-0.1, -0.05) is 0 Å². The van der Waals surface area contributed by atoms with E-state index in [1.165, 1.54) is 0 Å². The molecular weight excluding hydrogens is 163 g/mol. The van der Waals surface area contributed by atoms with Crippen molar-refractivity contribution in [3.63, 3.8) is 0 Å². The molecule has 1 aliphatic rings. The summed E-state index contributed by atoms with van der Waals surface area (Å²) in [7, 11) is -0.964. The van der Waals surface area contributed by atoms with Crippen LogP contribution < -0.4 is 11.0 Å². The smallest absolute Gasteiger partial charge is 0.216 e. The van der Waals surface area contributed by atoms with Crippen LogP contribution in [0.1, 0.15) is 0 Å². The number of nitrogens with two attached hydrogens (primary N) is 2. The molecule has 0 spiro atoms. The SMILES string of the molecule is NP1(N)=NP=NP=N1. The molecule has 1 aliphatic heterocycles. The third kappa shape index (κ3) is 1.70. The standard InChI is InChI=1S/H4N5P3/c1-8(2)4-6-3-7-5-8/h1-2H2. The van der Waals surface area contributed by atoms with Crippen LogP contribution in [0.5, 0.6) is 0 Å². The fraction of sp³-hybridized carbons (Fsp3) is 0. The van der Waals surface area contributed by atoms with Gasteiger partial charge in [0.05, 0.1) is 0 Å². The predicted molar refractivity (Wildman–Crippen MR) is 36.4 cm³/mol. The molecular formula is H4N5P3. The number of nitrogens with zero attached hydrogens (tertiary/aromatic N) is 3. The van der Waals surface area contributed by atoms with E-state index in [0.29, 0.717) is 17.0 Å². The lowest BCUT2D eigenvalue weighted by atomic mass is 13.8. The van der Waals surface area contributed by atoms with E-state index in [9.17, 15) is 0 Å². The van der Waals surface area contributed by atoms with Gasteiger partial charge in [-0.15, -0.1) is 0 Å². The Morgan fingerprint density at radius 1 is 1.25 bits per heavy atom. The Balaban J connectivity index is 3.00. The molecule has 44 valence electrons. The fourth-order valence-corrected chi connectivity index (χ4v) is 2.76. The summed E-state index contributed by atoms with van der Waals surface area (Å²) in [5.41, 5.74) is 10.7. The van der Waals surface area contributed by atoms with Gasteiger partial charge in [-0.3, -0.25) is 11.0 Å². The Kier molecular flexibility index (Phi) is 1.86. The summed E-state index contributed by atoms with van der Waals surface area (Å²) in [6, 6.07) is 0. The van der Waals surface area contributed by atoms with Crippen molar-refractivity contribution in [2.75, 3.05) is 0 Å². The second kappa shape index (κ2) is 2.30.